The molecule has 0 aromatic heterocycles. The van der Waals surface area contributed by atoms with Crippen LogP contribution in [0.25, 0.3) is 0 Å². The highest BCUT2D eigenvalue weighted by Gasteiger charge is 2.36. The fraction of sp³-hybridized carbons (Fsp3) is 0.710. The van der Waals surface area contributed by atoms with Gasteiger partial charge in [0, 0.05) is 13.1 Å². The number of hydrogen-bond acceptors (Lipinski definition) is 5. The molecule has 1 aromatic rings. The summed E-state index contributed by atoms with van der Waals surface area (Å²) >= 11 is 0. The second kappa shape index (κ2) is 17.7. The standard InChI is InChI=1S/C31H53N3O5/c1-8-10-12-13-15-20-34(29(37)26(21-23(3)4)33-30(38)39-31(5,6)7)27(24-17-16-18-25(35)22-24)28(36)32-19-14-11-9-2/h16-18,22-23,26-27,35H,8-15,19-21H2,1-7H3,(H,32,36)(H,33,38). The lowest BCUT2D eigenvalue weighted by Gasteiger charge is -2.35. The minimum Gasteiger partial charge on any atom is -0.508 e. The molecule has 3 amide bonds. The molecule has 222 valence electrons. The zero-order valence-electron chi connectivity index (χ0n) is 25.3. The Morgan fingerprint density at radius 1 is 0.974 bits per heavy atom. The van der Waals surface area contributed by atoms with Crippen LogP contribution in [0.2, 0.25) is 0 Å². The van der Waals surface area contributed by atoms with Crippen LogP contribution in [-0.4, -0.2) is 52.6 Å². The zero-order chi connectivity index (χ0) is 29.4. The van der Waals surface area contributed by atoms with Gasteiger partial charge in [0.1, 0.15) is 23.4 Å². The Hall–Kier alpha value is -2.77. The number of ether oxygens (including phenoxy) is 1. The molecule has 1 rings (SSSR count). The minimum atomic E-state index is -0.937. The molecule has 0 saturated heterocycles. The number of carbonyl (C=O) groups excluding carboxylic acids is 3. The molecule has 8 nitrogen and oxygen atoms in total. The summed E-state index contributed by atoms with van der Waals surface area (Å²) in [6, 6.07) is 4.72. The van der Waals surface area contributed by atoms with Crippen LogP contribution in [0, 0.1) is 5.92 Å². The zero-order valence-corrected chi connectivity index (χ0v) is 25.3. The maximum Gasteiger partial charge on any atom is 0.408 e. The molecule has 2 unspecified atom stereocenters. The van der Waals surface area contributed by atoms with Crippen molar-refractivity contribution in [2.45, 2.75) is 124 Å². The van der Waals surface area contributed by atoms with Crippen molar-refractivity contribution in [1.29, 1.82) is 0 Å². The van der Waals surface area contributed by atoms with E-state index >= 15 is 0 Å². The maximum absolute atomic E-state index is 14.2. The summed E-state index contributed by atoms with van der Waals surface area (Å²) in [5, 5.41) is 16.0. The van der Waals surface area contributed by atoms with Crippen LogP contribution in [0.5, 0.6) is 5.75 Å². The van der Waals surface area contributed by atoms with Crippen molar-refractivity contribution in [3.8, 4) is 5.75 Å². The fourth-order valence-corrected chi connectivity index (χ4v) is 4.45. The largest absolute Gasteiger partial charge is 0.508 e. The van der Waals surface area contributed by atoms with Gasteiger partial charge in [-0.3, -0.25) is 9.59 Å². The number of hydrogen-bond donors (Lipinski definition) is 3. The Morgan fingerprint density at radius 2 is 1.62 bits per heavy atom. The first-order valence-electron chi connectivity index (χ1n) is 14.8. The summed E-state index contributed by atoms with van der Waals surface area (Å²) in [6.45, 7) is 14.4. The molecule has 39 heavy (non-hydrogen) atoms. The molecule has 0 saturated carbocycles. The van der Waals surface area contributed by atoms with E-state index in [0.717, 1.165) is 51.4 Å². The number of rotatable bonds is 17. The predicted molar refractivity (Wildman–Crippen MR) is 156 cm³/mol. The number of benzene rings is 1. The first kappa shape index (κ1) is 34.3. The van der Waals surface area contributed by atoms with Gasteiger partial charge >= 0.3 is 6.09 Å². The number of phenolic OH excluding ortho intramolecular Hbond substituents is 1. The van der Waals surface area contributed by atoms with Crippen molar-refractivity contribution in [1.82, 2.24) is 15.5 Å². The van der Waals surface area contributed by atoms with E-state index < -0.39 is 23.8 Å². The molecular weight excluding hydrogens is 494 g/mol. The van der Waals surface area contributed by atoms with Gasteiger partial charge in [-0.05, 0) is 63.6 Å². The Morgan fingerprint density at radius 3 is 2.21 bits per heavy atom. The molecule has 3 N–H and O–H groups in total. The molecule has 0 aliphatic rings. The number of carbonyl (C=O) groups is 3. The lowest BCUT2D eigenvalue weighted by atomic mass is 9.98. The quantitative estimate of drug-likeness (QED) is 0.194. The number of nitrogens with one attached hydrogen (secondary N) is 2. The fourth-order valence-electron chi connectivity index (χ4n) is 4.45. The van der Waals surface area contributed by atoms with E-state index in [4.69, 9.17) is 4.74 Å². The summed E-state index contributed by atoms with van der Waals surface area (Å²) < 4.78 is 5.46. The van der Waals surface area contributed by atoms with Crippen LogP contribution < -0.4 is 10.6 Å². The molecular formula is C31H53N3O5. The van der Waals surface area contributed by atoms with Gasteiger partial charge < -0.3 is 25.4 Å². The summed E-state index contributed by atoms with van der Waals surface area (Å²) in [5.41, 5.74) is -0.179. The third-order valence-electron chi connectivity index (χ3n) is 6.31. The predicted octanol–water partition coefficient (Wildman–Crippen LogP) is 6.48. The average Bonchev–Trinajstić information content (AvgIpc) is 2.83. The normalized spacial score (nSPS) is 13.0. The van der Waals surface area contributed by atoms with Gasteiger partial charge in [-0.25, -0.2) is 4.79 Å². The van der Waals surface area contributed by atoms with Crippen molar-refractivity contribution in [3.63, 3.8) is 0 Å². The SMILES string of the molecule is CCCCCCCN(C(=O)C(CC(C)C)NC(=O)OC(C)(C)C)C(C(=O)NCCCCC)c1cccc(O)c1. The Labute approximate surface area is 236 Å². The summed E-state index contributed by atoms with van der Waals surface area (Å²) in [7, 11) is 0. The van der Waals surface area contributed by atoms with E-state index in [1.165, 1.54) is 6.07 Å². The Bertz CT molecular complexity index is 881. The molecule has 1 aromatic carbocycles. The summed E-state index contributed by atoms with van der Waals surface area (Å²) in [5.74, 6) is -0.485. The second-order valence-corrected chi connectivity index (χ2v) is 11.8. The Balaban J connectivity index is 3.41. The van der Waals surface area contributed by atoms with Gasteiger partial charge in [-0.1, -0.05) is 78.4 Å². The number of amides is 3. The molecule has 0 bridgehead atoms. The van der Waals surface area contributed by atoms with Gasteiger partial charge in [-0.15, -0.1) is 0 Å². The number of aromatic hydroxyl groups is 1. The number of unbranched alkanes of at least 4 members (excludes halogenated alkanes) is 6. The van der Waals surface area contributed by atoms with Gasteiger partial charge in [0.05, 0.1) is 0 Å². The molecule has 0 heterocycles. The molecule has 0 spiro atoms. The molecule has 2 atom stereocenters. The summed E-state index contributed by atoms with van der Waals surface area (Å²) in [6.07, 6.45) is 7.51. The van der Waals surface area contributed by atoms with Gasteiger partial charge in [-0.2, -0.15) is 0 Å². The van der Waals surface area contributed by atoms with Crippen LogP contribution in [0.3, 0.4) is 0 Å². The van der Waals surface area contributed by atoms with Crippen LogP contribution >= 0.6 is 0 Å². The van der Waals surface area contributed by atoms with E-state index in [9.17, 15) is 19.5 Å². The van der Waals surface area contributed by atoms with Gasteiger partial charge in [0.15, 0.2) is 0 Å². The van der Waals surface area contributed by atoms with E-state index in [-0.39, 0.29) is 23.5 Å². The smallest absolute Gasteiger partial charge is 0.408 e. The third kappa shape index (κ3) is 13.7. The first-order valence-corrected chi connectivity index (χ1v) is 14.8. The van der Waals surface area contributed by atoms with Crippen molar-refractivity contribution in [2.24, 2.45) is 5.92 Å². The van der Waals surface area contributed by atoms with E-state index in [1.807, 2.05) is 13.8 Å². The van der Waals surface area contributed by atoms with Crippen LogP contribution in [0.15, 0.2) is 24.3 Å². The number of phenols is 1. The monoisotopic (exact) mass is 547 g/mol. The number of alkyl carbamates (subject to hydrolysis) is 1. The van der Waals surface area contributed by atoms with E-state index in [1.54, 1.807) is 43.9 Å². The highest BCUT2D eigenvalue weighted by Crippen LogP contribution is 2.27. The summed E-state index contributed by atoms with van der Waals surface area (Å²) in [4.78, 5) is 42.1. The molecule has 0 radical (unpaired) electrons. The average molecular weight is 548 g/mol. The molecule has 8 heteroatoms. The van der Waals surface area contributed by atoms with Gasteiger partial charge in [0.2, 0.25) is 11.8 Å². The van der Waals surface area contributed by atoms with Crippen molar-refractivity contribution < 1.29 is 24.2 Å². The van der Waals surface area contributed by atoms with Crippen LogP contribution in [-0.2, 0) is 14.3 Å². The topological polar surface area (TPSA) is 108 Å². The highest BCUT2D eigenvalue weighted by atomic mass is 16.6. The highest BCUT2D eigenvalue weighted by molar-refractivity contribution is 5.92. The molecule has 0 aliphatic heterocycles. The molecule has 0 fully saturated rings. The molecule has 0 aliphatic carbocycles. The van der Waals surface area contributed by atoms with Crippen molar-refractivity contribution in [3.05, 3.63) is 29.8 Å². The second-order valence-electron chi connectivity index (χ2n) is 11.8. The lowest BCUT2D eigenvalue weighted by molar-refractivity contribution is -0.143. The van der Waals surface area contributed by atoms with E-state index in [2.05, 4.69) is 24.5 Å². The van der Waals surface area contributed by atoms with E-state index in [0.29, 0.717) is 25.1 Å². The third-order valence-corrected chi connectivity index (χ3v) is 6.31. The maximum atomic E-state index is 14.2. The van der Waals surface area contributed by atoms with Crippen molar-refractivity contribution in [2.75, 3.05) is 13.1 Å². The Kier molecular flexibility index (Phi) is 15.6. The number of nitrogens with zero attached hydrogens (tertiary/aromatic N) is 1. The van der Waals surface area contributed by atoms with Crippen LogP contribution in [0.1, 0.15) is 118 Å². The van der Waals surface area contributed by atoms with Crippen LogP contribution in [0.4, 0.5) is 4.79 Å². The lowest BCUT2D eigenvalue weighted by Crippen LogP contribution is -2.53. The van der Waals surface area contributed by atoms with Crippen molar-refractivity contribution >= 4 is 17.9 Å². The van der Waals surface area contributed by atoms with Gasteiger partial charge in [0.25, 0.3) is 0 Å². The minimum absolute atomic E-state index is 0.0252. The first-order chi connectivity index (χ1) is 18.4.